The summed E-state index contributed by atoms with van der Waals surface area (Å²) < 4.78 is 51.9. The molecule has 1 fully saturated rings. The maximum absolute atomic E-state index is 13.5. The normalized spacial score (nSPS) is 18.1. The van der Waals surface area contributed by atoms with Crippen molar-refractivity contribution in [2.24, 2.45) is 5.92 Å². The van der Waals surface area contributed by atoms with Gasteiger partial charge in [-0.3, -0.25) is 0 Å². The number of aliphatic hydroxyl groups excluding tert-OH is 1. The molecule has 0 aliphatic carbocycles. The SMILES string of the molecule is COc1ccc(S(=O)(=O)NC(CC(C)CCC2(C)OCCO2)[C@H](O)[C@H](Cc2ccccc2)NC(=O)OC(C)(C)C)cc1. The van der Waals surface area contributed by atoms with Crippen molar-refractivity contribution >= 4 is 16.1 Å². The fourth-order valence-corrected chi connectivity index (χ4v) is 6.17. The highest BCUT2D eigenvalue weighted by atomic mass is 32.2. The number of alkyl carbamates (subject to hydrolysis) is 1. The molecule has 0 aromatic heterocycles. The summed E-state index contributed by atoms with van der Waals surface area (Å²) in [6.07, 6.45) is -0.138. The van der Waals surface area contributed by atoms with Gasteiger partial charge in [0.15, 0.2) is 5.79 Å². The van der Waals surface area contributed by atoms with Crippen LogP contribution in [0.4, 0.5) is 4.79 Å². The molecule has 10 nitrogen and oxygen atoms in total. The highest BCUT2D eigenvalue weighted by Crippen LogP contribution is 2.28. The van der Waals surface area contributed by atoms with E-state index in [2.05, 4.69) is 10.0 Å². The molecule has 0 spiro atoms. The molecule has 1 saturated heterocycles. The molecule has 3 N–H and O–H groups in total. The average molecular weight is 607 g/mol. The highest BCUT2D eigenvalue weighted by molar-refractivity contribution is 7.89. The van der Waals surface area contributed by atoms with E-state index in [0.717, 1.165) is 5.56 Å². The zero-order chi connectivity index (χ0) is 31.0. The largest absolute Gasteiger partial charge is 0.497 e. The number of rotatable bonds is 14. The number of nitrogens with one attached hydrogen (secondary N) is 2. The molecular formula is C31H46N2O8S. The van der Waals surface area contributed by atoms with Gasteiger partial charge in [-0.1, -0.05) is 37.3 Å². The van der Waals surface area contributed by atoms with E-state index in [-0.39, 0.29) is 17.2 Å². The zero-order valence-corrected chi connectivity index (χ0v) is 26.3. The molecule has 2 aromatic carbocycles. The Morgan fingerprint density at radius 1 is 1.05 bits per heavy atom. The molecule has 0 bridgehead atoms. The fourth-order valence-electron chi connectivity index (χ4n) is 4.91. The van der Waals surface area contributed by atoms with E-state index in [1.807, 2.05) is 44.2 Å². The molecule has 1 heterocycles. The van der Waals surface area contributed by atoms with Crippen LogP contribution < -0.4 is 14.8 Å². The van der Waals surface area contributed by atoms with Gasteiger partial charge in [0.2, 0.25) is 10.0 Å². The first-order valence-corrected chi connectivity index (χ1v) is 15.8. The predicted octanol–water partition coefficient (Wildman–Crippen LogP) is 4.41. The van der Waals surface area contributed by atoms with Crippen LogP contribution in [0.2, 0.25) is 0 Å². The molecule has 1 amide bonds. The molecule has 42 heavy (non-hydrogen) atoms. The minimum absolute atomic E-state index is 0.0215. The Hall–Kier alpha value is -2.70. The van der Waals surface area contributed by atoms with Gasteiger partial charge in [-0.05, 0) is 82.7 Å². The third kappa shape index (κ3) is 10.5. The quantitative estimate of drug-likeness (QED) is 0.288. The second kappa shape index (κ2) is 14.7. The lowest BCUT2D eigenvalue weighted by Crippen LogP contribution is -2.56. The fraction of sp³-hybridized carbons (Fsp3) is 0.581. The number of ether oxygens (including phenoxy) is 4. The average Bonchev–Trinajstić information content (AvgIpc) is 3.37. The number of benzene rings is 2. The van der Waals surface area contributed by atoms with E-state index in [4.69, 9.17) is 18.9 Å². The Labute approximate surface area is 250 Å². The summed E-state index contributed by atoms with van der Waals surface area (Å²) in [4.78, 5) is 12.9. The summed E-state index contributed by atoms with van der Waals surface area (Å²) in [6.45, 7) is 10.2. The van der Waals surface area contributed by atoms with Crippen molar-refractivity contribution in [2.45, 2.75) is 94.8 Å². The minimum atomic E-state index is -4.04. The van der Waals surface area contributed by atoms with Crippen LogP contribution in [0, 0.1) is 5.92 Å². The third-order valence-electron chi connectivity index (χ3n) is 7.15. The van der Waals surface area contributed by atoms with Gasteiger partial charge in [-0.2, -0.15) is 0 Å². The van der Waals surface area contributed by atoms with Crippen molar-refractivity contribution in [3.63, 3.8) is 0 Å². The van der Waals surface area contributed by atoms with E-state index in [1.54, 1.807) is 32.9 Å². The topological polar surface area (TPSA) is 132 Å². The standard InChI is InChI=1S/C31H46N2O8S/c1-22(16-17-31(5)39-18-19-40-31)20-27(33-42(36,37)25-14-12-24(38-6)13-15-25)28(34)26(21-23-10-8-7-9-11-23)32-29(35)41-30(2,3)4/h7-15,22,26-28,33-34H,16-21H2,1-6H3,(H,32,35)/t22?,26-,27?,28+/m0/s1. The van der Waals surface area contributed by atoms with Gasteiger partial charge in [-0.25, -0.2) is 17.9 Å². The van der Waals surface area contributed by atoms with Crippen LogP contribution in [0.15, 0.2) is 59.5 Å². The number of carbonyl (C=O) groups is 1. The first-order valence-electron chi connectivity index (χ1n) is 14.4. The number of sulfonamides is 1. The van der Waals surface area contributed by atoms with Crippen molar-refractivity contribution in [2.75, 3.05) is 20.3 Å². The zero-order valence-electron chi connectivity index (χ0n) is 25.5. The first kappa shape index (κ1) is 33.8. The van der Waals surface area contributed by atoms with Crippen LogP contribution >= 0.6 is 0 Å². The summed E-state index contributed by atoms with van der Waals surface area (Å²) in [7, 11) is -2.54. The highest BCUT2D eigenvalue weighted by Gasteiger charge is 2.36. The van der Waals surface area contributed by atoms with Crippen LogP contribution in [0.1, 0.15) is 59.4 Å². The Kier molecular flexibility index (Phi) is 11.8. The van der Waals surface area contributed by atoms with Crippen molar-refractivity contribution in [3.05, 3.63) is 60.2 Å². The van der Waals surface area contributed by atoms with Gasteiger partial charge in [0.1, 0.15) is 11.4 Å². The Balaban J connectivity index is 1.88. The Bertz CT molecular complexity index is 1230. The molecule has 1 aliphatic rings. The van der Waals surface area contributed by atoms with Crippen LogP contribution in [0.3, 0.4) is 0 Å². The molecule has 2 aromatic rings. The minimum Gasteiger partial charge on any atom is -0.497 e. The van der Waals surface area contributed by atoms with Gasteiger partial charge >= 0.3 is 6.09 Å². The molecule has 3 rings (SSSR count). The monoisotopic (exact) mass is 606 g/mol. The van der Waals surface area contributed by atoms with E-state index >= 15 is 0 Å². The predicted molar refractivity (Wildman–Crippen MR) is 160 cm³/mol. The number of hydrogen-bond donors (Lipinski definition) is 3. The summed E-state index contributed by atoms with van der Waals surface area (Å²) in [6, 6.07) is 13.6. The third-order valence-corrected chi connectivity index (χ3v) is 8.65. The van der Waals surface area contributed by atoms with Crippen molar-refractivity contribution in [3.8, 4) is 5.75 Å². The number of carbonyl (C=O) groups excluding carboxylic acids is 1. The van der Waals surface area contributed by atoms with Gasteiger partial charge < -0.3 is 29.4 Å². The van der Waals surface area contributed by atoms with Gasteiger partial charge in [0.05, 0.1) is 43.4 Å². The molecule has 234 valence electrons. The number of aliphatic hydroxyl groups is 1. The number of amides is 1. The first-order chi connectivity index (χ1) is 19.7. The lowest BCUT2D eigenvalue weighted by molar-refractivity contribution is -0.149. The summed E-state index contributed by atoms with van der Waals surface area (Å²) in [5, 5.41) is 14.6. The molecule has 2 unspecified atom stereocenters. The van der Waals surface area contributed by atoms with E-state index in [9.17, 15) is 18.3 Å². The van der Waals surface area contributed by atoms with E-state index in [0.29, 0.717) is 38.2 Å². The Morgan fingerprint density at radius 3 is 2.24 bits per heavy atom. The summed E-state index contributed by atoms with van der Waals surface area (Å²) in [5.41, 5.74) is 0.113. The lowest BCUT2D eigenvalue weighted by Gasteiger charge is -2.33. The van der Waals surface area contributed by atoms with Crippen molar-refractivity contribution in [1.82, 2.24) is 10.0 Å². The van der Waals surface area contributed by atoms with Gasteiger partial charge in [0, 0.05) is 6.42 Å². The summed E-state index contributed by atoms with van der Waals surface area (Å²) >= 11 is 0. The smallest absolute Gasteiger partial charge is 0.407 e. The second-order valence-corrected chi connectivity index (χ2v) is 13.8. The van der Waals surface area contributed by atoms with E-state index < -0.39 is 45.7 Å². The lowest BCUT2D eigenvalue weighted by atomic mass is 9.89. The van der Waals surface area contributed by atoms with Gasteiger partial charge in [-0.15, -0.1) is 0 Å². The maximum atomic E-state index is 13.5. The van der Waals surface area contributed by atoms with Crippen LogP contribution in [-0.2, 0) is 30.7 Å². The van der Waals surface area contributed by atoms with Gasteiger partial charge in [0.25, 0.3) is 0 Å². The molecule has 4 atom stereocenters. The van der Waals surface area contributed by atoms with Crippen molar-refractivity contribution < 1.29 is 37.3 Å². The number of hydrogen-bond acceptors (Lipinski definition) is 8. The number of methoxy groups -OCH3 is 1. The molecule has 0 radical (unpaired) electrons. The maximum Gasteiger partial charge on any atom is 0.407 e. The Morgan fingerprint density at radius 2 is 1.67 bits per heavy atom. The molecule has 0 saturated carbocycles. The molecule has 1 aliphatic heterocycles. The van der Waals surface area contributed by atoms with Crippen LogP contribution in [0.5, 0.6) is 5.75 Å². The van der Waals surface area contributed by atoms with Crippen molar-refractivity contribution in [1.29, 1.82) is 0 Å². The van der Waals surface area contributed by atoms with Crippen LogP contribution in [-0.4, -0.2) is 69.5 Å². The molecular weight excluding hydrogens is 560 g/mol. The molecule has 11 heteroatoms. The van der Waals surface area contributed by atoms with E-state index in [1.165, 1.54) is 19.2 Å². The summed E-state index contributed by atoms with van der Waals surface area (Å²) in [5.74, 6) is -0.181. The van der Waals surface area contributed by atoms with Crippen LogP contribution in [0.25, 0.3) is 0 Å². The second-order valence-electron chi connectivity index (χ2n) is 12.0.